The molecule has 3 saturated heterocycles. The van der Waals surface area contributed by atoms with E-state index in [1.807, 2.05) is 80.4 Å². The summed E-state index contributed by atoms with van der Waals surface area (Å²) in [5.41, 5.74) is 4.98. The molecule has 5 aromatic carbocycles. The van der Waals surface area contributed by atoms with Crippen LogP contribution in [0.2, 0.25) is 5.02 Å². The minimum Gasteiger partial charge on any atom is -0.497 e. The Balaban J connectivity index is 0.000000141. The van der Waals surface area contributed by atoms with Gasteiger partial charge < -0.3 is 52.3 Å². The molecular formula is C74H68ClFN12O8S. The van der Waals surface area contributed by atoms with E-state index >= 15 is 0 Å². The number of fused-ring (bicyclic) bond motifs is 3. The van der Waals surface area contributed by atoms with Gasteiger partial charge in [0, 0.05) is 123 Å². The number of rotatable bonds is 11. The van der Waals surface area contributed by atoms with Gasteiger partial charge in [-0.05, 0) is 109 Å². The van der Waals surface area contributed by atoms with Crippen molar-refractivity contribution >= 4 is 90.4 Å². The number of aromatic nitrogens is 3. The number of pyridine rings is 3. The van der Waals surface area contributed by atoms with Gasteiger partial charge in [0.15, 0.2) is 5.76 Å². The van der Waals surface area contributed by atoms with E-state index in [0.29, 0.717) is 135 Å². The molecule has 10 aromatic rings. The molecule has 23 heteroatoms. The Morgan fingerprint density at radius 1 is 0.588 bits per heavy atom. The van der Waals surface area contributed by atoms with Crippen molar-refractivity contribution in [3.8, 4) is 24.0 Å². The van der Waals surface area contributed by atoms with Crippen LogP contribution in [-0.2, 0) is 24.8 Å². The molecule has 0 radical (unpaired) electrons. The molecule has 492 valence electrons. The average molecular weight is 1340 g/mol. The van der Waals surface area contributed by atoms with E-state index in [2.05, 4.69) is 28.0 Å². The molecule has 14 rings (SSSR count). The van der Waals surface area contributed by atoms with Gasteiger partial charge >= 0.3 is 0 Å². The minimum absolute atomic E-state index is 0.0109. The molecule has 0 N–H and O–H groups in total. The van der Waals surface area contributed by atoms with Crippen LogP contribution < -0.4 is 36.1 Å². The normalized spacial score (nSPS) is 14.9. The highest BCUT2D eigenvalue weighted by molar-refractivity contribution is 7.10. The highest BCUT2D eigenvalue weighted by Crippen LogP contribution is 2.37. The first-order chi connectivity index (χ1) is 47.2. The molecule has 0 bridgehead atoms. The number of hydrogen-bond donors (Lipinski definition) is 0. The number of methoxy groups -OCH3 is 1. The largest absolute Gasteiger partial charge is 0.497 e. The lowest BCUT2D eigenvalue weighted by Gasteiger charge is -2.37. The Bertz CT molecular complexity index is 4910. The summed E-state index contributed by atoms with van der Waals surface area (Å²) in [5, 5.41) is 34.6. The van der Waals surface area contributed by atoms with Crippen LogP contribution in [0.1, 0.15) is 79.8 Å². The third-order valence-electron chi connectivity index (χ3n) is 18.5. The van der Waals surface area contributed by atoms with Gasteiger partial charge in [-0.1, -0.05) is 79.0 Å². The second kappa shape index (κ2) is 29.3. The molecule has 5 aromatic heterocycles. The zero-order valence-electron chi connectivity index (χ0n) is 53.5. The number of anilines is 3. The number of thiophene rings is 1. The maximum atomic E-state index is 13.6. The lowest BCUT2D eigenvalue weighted by molar-refractivity contribution is -0.130. The van der Waals surface area contributed by atoms with E-state index in [1.165, 1.54) is 27.5 Å². The molecule has 3 aliphatic heterocycles. The Kier molecular flexibility index (Phi) is 20.0. The lowest BCUT2D eigenvalue weighted by atomic mass is 10.0. The van der Waals surface area contributed by atoms with Gasteiger partial charge in [0.05, 0.1) is 60.0 Å². The van der Waals surface area contributed by atoms with Crippen molar-refractivity contribution < 1.29 is 27.9 Å². The first kappa shape index (κ1) is 66.0. The van der Waals surface area contributed by atoms with Crippen molar-refractivity contribution in [2.75, 3.05) is 100 Å². The fourth-order valence-electron chi connectivity index (χ4n) is 13.6. The number of amides is 3. The number of nitriles is 3. The summed E-state index contributed by atoms with van der Waals surface area (Å²) in [6.07, 6.45) is 6.09. The quantitative estimate of drug-likeness (QED) is 0.117. The second-order valence-corrected chi connectivity index (χ2v) is 25.6. The Morgan fingerprint density at radius 2 is 1.13 bits per heavy atom. The molecule has 1 aliphatic carbocycles. The molecule has 0 unspecified atom stereocenters. The Morgan fingerprint density at radius 3 is 1.70 bits per heavy atom. The van der Waals surface area contributed by atoms with Crippen molar-refractivity contribution in [2.24, 2.45) is 7.05 Å². The van der Waals surface area contributed by atoms with Crippen LogP contribution >= 0.6 is 22.9 Å². The van der Waals surface area contributed by atoms with Crippen molar-refractivity contribution in [1.82, 2.24) is 28.4 Å². The predicted octanol–water partition coefficient (Wildman–Crippen LogP) is 10.6. The lowest BCUT2D eigenvalue weighted by Crippen LogP contribution is -2.49. The fraction of sp³-hybridized carbons (Fsp3) is 0.284. The first-order valence-corrected chi connectivity index (χ1v) is 33.3. The molecular weight excluding hydrogens is 1270 g/mol. The molecule has 0 spiro atoms. The molecule has 97 heavy (non-hydrogen) atoms. The number of carbonyl (C=O) groups is 3. The summed E-state index contributed by atoms with van der Waals surface area (Å²) >= 11 is 7.95. The van der Waals surface area contributed by atoms with E-state index in [9.17, 15) is 48.9 Å². The molecule has 3 amide bonds. The minimum atomic E-state index is -0.432. The average Bonchev–Trinajstić information content (AvgIpc) is 1.50. The maximum absolute atomic E-state index is 13.6. The van der Waals surface area contributed by atoms with E-state index in [0.717, 1.165) is 57.9 Å². The molecule has 20 nitrogen and oxygen atoms in total. The molecule has 4 fully saturated rings. The summed E-state index contributed by atoms with van der Waals surface area (Å²) in [6.45, 7) is 6.40. The summed E-state index contributed by atoms with van der Waals surface area (Å²) < 4.78 is 28.7. The number of furan rings is 1. The van der Waals surface area contributed by atoms with Gasteiger partial charge in [0.25, 0.3) is 28.5 Å². The zero-order valence-corrected chi connectivity index (χ0v) is 55.1. The standard InChI is InChI=1S/C29H24ClFN4O3.C24H24N4O3.C21H20N4O2S/c1-38-23-9-4-20(5-10-23)28(36)34-14-12-33(13-15-34)27-24-16-21(30)6-11-26(24)35(29(37)25(27)17-32)18-19-2-7-22(31)8-3-19;25-16-19-22(26-11-13-27(14-12-26)24(30)21-10-5-15-31-21)18-8-3-4-9-20(18)28(23(19)29)17-6-1-2-7-17;1-23-18-7-3-2-6-16(18)20(17(14-22)21(23)27)25-10-8-24(9-11-25)19(26)13-15-5-4-12-28-15/h2-11,16H,12-15,18H2,1H3;3-5,8-10,15,17H,1-2,6-7,11-14H2;2-7,12H,8-11,13H2,1H3. The van der Waals surface area contributed by atoms with E-state index in [1.54, 1.807) is 102 Å². The highest BCUT2D eigenvalue weighted by atomic mass is 35.5. The number of aryl methyl sites for hydroxylation is 1. The number of ether oxygens (including phenoxy) is 1. The van der Waals surface area contributed by atoms with Gasteiger partial charge in [0.1, 0.15) is 46.5 Å². The number of carbonyl (C=O) groups excluding carboxylic acids is 3. The fourth-order valence-corrected chi connectivity index (χ4v) is 14.4. The van der Waals surface area contributed by atoms with Crippen LogP contribution in [0, 0.1) is 39.8 Å². The molecule has 4 aliphatic rings. The summed E-state index contributed by atoms with van der Waals surface area (Å²) in [7, 11) is 3.26. The summed E-state index contributed by atoms with van der Waals surface area (Å²) in [4.78, 5) is 90.4. The topological polar surface area (TPSA) is 230 Å². The smallest absolute Gasteiger partial charge is 0.289 e. The second-order valence-electron chi connectivity index (χ2n) is 24.1. The number of benzene rings is 5. The SMILES string of the molecule is COc1ccc(C(=O)N2CCN(c3c(C#N)c(=O)n(Cc4ccc(F)cc4)c4ccc(Cl)cc34)CC2)cc1.Cn1c(=O)c(C#N)c(N2CCN(C(=O)Cc3cccs3)CC2)c2ccccc21.N#Cc1c(N2CCN(C(=O)c3ccco3)CC2)c2ccccc2n(C2CCCC2)c1=O. The number of halogens is 2. The first-order valence-electron chi connectivity index (χ1n) is 32.1. The Hall–Kier alpha value is -11.0. The van der Waals surface area contributed by atoms with E-state index < -0.39 is 5.56 Å². The van der Waals surface area contributed by atoms with Crippen molar-refractivity contribution in [3.05, 3.63) is 232 Å². The maximum Gasteiger partial charge on any atom is 0.289 e. The molecule has 0 atom stereocenters. The zero-order chi connectivity index (χ0) is 67.9. The highest BCUT2D eigenvalue weighted by Gasteiger charge is 2.32. The van der Waals surface area contributed by atoms with Crippen LogP contribution in [0.15, 0.2) is 170 Å². The molecule has 8 heterocycles. The van der Waals surface area contributed by atoms with Crippen LogP contribution in [-0.4, -0.2) is 132 Å². The van der Waals surface area contributed by atoms with Gasteiger partial charge in [0.2, 0.25) is 5.91 Å². The number of nitrogens with zero attached hydrogens (tertiary/aromatic N) is 12. The van der Waals surface area contributed by atoms with Crippen molar-refractivity contribution in [3.63, 3.8) is 0 Å². The summed E-state index contributed by atoms with van der Waals surface area (Å²) in [6, 6.07) is 47.5. The van der Waals surface area contributed by atoms with Crippen LogP contribution in [0.25, 0.3) is 32.7 Å². The molecule has 1 saturated carbocycles. The Labute approximate surface area is 567 Å². The van der Waals surface area contributed by atoms with E-state index in [-0.39, 0.29) is 63.9 Å². The number of hydrogen-bond acceptors (Lipinski definition) is 15. The summed E-state index contributed by atoms with van der Waals surface area (Å²) in [5.74, 6) is 0.542. The number of piperazine rings is 3. The van der Waals surface area contributed by atoms with Gasteiger partial charge in [-0.25, -0.2) is 4.39 Å². The third kappa shape index (κ3) is 13.7. The monoisotopic (exact) mass is 1340 g/mol. The van der Waals surface area contributed by atoms with Crippen molar-refractivity contribution in [1.29, 1.82) is 15.8 Å². The van der Waals surface area contributed by atoms with Gasteiger partial charge in [-0.15, -0.1) is 11.3 Å². The number of para-hydroxylation sites is 2. The van der Waals surface area contributed by atoms with Crippen LogP contribution in [0.3, 0.4) is 0 Å². The van der Waals surface area contributed by atoms with E-state index in [4.69, 9.17) is 20.8 Å². The van der Waals surface area contributed by atoms with Crippen LogP contribution in [0.5, 0.6) is 5.75 Å². The van der Waals surface area contributed by atoms with Gasteiger partial charge in [-0.2, -0.15) is 15.8 Å². The third-order valence-corrected chi connectivity index (χ3v) is 19.6. The predicted molar refractivity (Wildman–Crippen MR) is 373 cm³/mol. The van der Waals surface area contributed by atoms with Gasteiger partial charge in [-0.3, -0.25) is 28.8 Å². The van der Waals surface area contributed by atoms with Crippen molar-refractivity contribution in [2.45, 2.75) is 44.7 Å². The van der Waals surface area contributed by atoms with Crippen LogP contribution in [0.4, 0.5) is 21.5 Å².